The number of fused-ring (bicyclic) bond motifs is 1. The van der Waals surface area contributed by atoms with Crippen molar-refractivity contribution < 1.29 is 14.7 Å². The Balaban J connectivity index is 2.25. The van der Waals surface area contributed by atoms with Gasteiger partial charge in [-0.3, -0.25) is 4.79 Å². The minimum atomic E-state index is -0.339. The Morgan fingerprint density at radius 2 is 2.05 bits per heavy atom. The first kappa shape index (κ1) is 13.9. The summed E-state index contributed by atoms with van der Waals surface area (Å²) in [4.78, 5) is 16.8. The van der Waals surface area contributed by atoms with Crippen molar-refractivity contribution in [2.45, 2.75) is 0 Å². The lowest BCUT2D eigenvalue weighted by Crippen LogP contribution is -2.15. The van der Waals surface area contributed by atoms with Gasteiger partial charge in [-0.15, -0.1) is 0 Å². The predicted molar refractivity (Wildman–Crippen MR) is 76.4 cm³/mol. The third-order valence-corrected chi connectivity index (χ3v) is 2.77. The number of benzene rings is 1. The largest absolute Gasteiger partial charge is 0.495 e. The first-order valence-electron chi connectivity index (χ1n) is 5.66. The van der Waals surface area contributed by atoms with Gasteiger partial charge in [-0.05, 0) is 12.2 Å². The number of hydrogen-bond donors (Lipinski definition) is 2. The SMILES string of the molecule is N/C(O)=C\C=C\O/N=C1\C=C(Cl)C(=O)c2ccccc21. The Hall–Kier alpha value is -2.53. The minimum Gasteiger partial charge on any atom is -0.495 e. The van der Waals surface area contributed by atoms with Crippen LogP contribution in [0.2, 0.25) is 0 Å². The average Bonchev–Trinajstić information content (AvgIpc) is 2.43. The van der Waals surface area contributed by atoms with Gasteiger partial charge in [-0.2, -0.15) is 0 Å². The molecular weight excluding hydrogens is 280 g/mol. The van der Waals surface area contributed by atoms with Crippen LogP contribution >= 0.6 is 11.6 Å². The van der Waals surface area contributed by atoms with Crippen molar-refractivity contribution in [3.63, 3.8) is 0 Å². The average molecular weight is 291 g/mol. The molecule has 0 fully saturated rings. The number of carbonyl (C=O) groups excluding carboxylic acids is 1. The number of halogens is 1. The molecular formula is C14H11ClN2O3. The third kappa shape index (κ3) is 3.07. The second-order valence-electron chi connectivity index (χ2n) is 3.87. The Kier molecular flexibility index (Phi) is 4.22. The molecule has 0 radical (unpaired) electrons. The zero-order valence-electron chi connectivity index (χ0n) is 10.3. The summed E-state index contributed by atoms with van der Waals surface area (Å²) in [6.07, 6.45) is 5.29. The van der Waals surface area contributed by atoms with E-state index in [0.717, 1.165) is 0 Å². The monoisotopic (exact) mass is 290 g/mol. The van der Waals surface area contributed by atoms with Crippen LogP contribution in [0.5, 0.6) is 0 Å². The van der Waals surface area contributed by atoms with Gasteiger partial charge in [0, 0.05) is 17.2 Å². The maximum absolute atomic E-state index is 11.9. The maximum atomic E-state index is 11.9. The molecule has 0 unspecified atom stereocenters. The number of nitrogens with zero attached hydrogens (tertiary/aromatic N) is 1. The number of rotatable bonds is 3. The lowest BCUT2D eigenvalue weighted by molar-refractivity contribution is 0.104. The highest BCUT2D eigenvalue weighted by atomic mass is 35.5. The summed E-state index contributed by atoms with van der Waals surface area (Å²) >= 11 is 5.87. The van der Waals surface area contributed by atoms with Crippen molar-refractivity contribution in [2.24, 2.45) is 10.9 Å². The first-order chi connectivity index (χ1) is 9.59. The van der Waals surface area contributed by atoms with E-state index in [0.29, 0.717) is 16.8 Å². The van der Waals surface area contributed by atoms with Crippen LogP contribution in [-0.2, 0) is 4.84 Å². The van der Waals surface area contributed by atoms with Crippen molar-refractivity contribution in [3.05, 3.63) is 70.8 Å². The van der Waals surface area contributed by atoms with E-state index in [4.69, 9.17) is 27.3 Å². The number of Topliss-reactive ketones (excluding diaryl/α,β-unsaturated/α-hetero) is 1. The minimum absolute atomic E-state index is 0.0783. The fourth-order valence-corrected chi connectivity index (χ4v) is 1.84. The van der Waals surface area contributed by atoms with Crippen molar-refractivity contribution in [1.82, 2.24) is 0 Å². The van der Waals surface area contributed by atoms with Crippen LogP contribution < -0.4 is 5.73 Å². The molecule has 102 valence electrons. The van der Waals surface area contributed by atoms with Crippen LogP contribution in [0.4, 0.5) is 0 Å². The fourth-order valence-electron chi connectivity index (χ4n) is 1.63. The molecule has 0 atom stereocenters. The highest BCUT2D eigenvalue weighted by Gasteiger charge is 2.22. The predicted octanol–water partition coefficient (Wildman–Crippen LogP) is 2.60. The number of oxime groups is 1. The maximum Gasteiger partial charge on any atom is 0.205 e. The number of ketones is 1. The van der Waals surface area contributed by atoms with Crippen LogP contribution in [0, 0.1) is 0 Å². The fraction of sp³-hybridized carbons (Fsp3) is 0. The van der Waals surface area contributed by atoms with Gasteiger partial charge in [-0.1, -0.05) is 41.0 Å². The molecule has 1 aliphatic carbocycles. The summed E-state index contributed by atoms with van der Waals surface area (Å²) in [6.45, 7) is 0. The van der Waals surface area contributed by atoms with Crippen molar-refractivity contribution in [3.8, 4) is 0 Å². The second kappa shape index (κ2) is 6.08. The summed E-state index contributed by atoms with van der Waals surface area (Å²) in [5, 5.41) is 12.7. The molecule has 0 saturated carbocycles. The molecule has 1 aliphatic rings. The zero-order chi connectivity index (χ0) is 14.5. The smallest absolute Gasteiger partial charge is 0.205 e. The van der Waals surface area contributed by atoms with E-state index in [-0.39, 0.29) is 16.7 Å². The molecule has 0 aromatic heterocycles. The summed E-state index contributed by atoms with van der Waals surface area (Å²) in [7, 11) is 0. The van der Waals surface area contributed by atoms with E-state index in [9.17, 15) is 4.79 Å². The Morgan fingerprint density at radius 3 is 2.75 bits per heavy atom. The first-order valence-corrected chi connectivity index (χ1v) is 6.04. The van der Waals surface area contributed by atoms with E-state index >= 15 is 0 Å². The van der Waals surface area contributed by atoms with Crippen LogP contribution in [0.1, 0.15) is 15.9 Å². The number of aliphatic hydroxyl groups is 1. The highest BCUT2D eigenvalue weighted by molar-refractivity contribution is 6.49. The lowest BCUT2D eigenvalue weighted by atomic mass is 9.94. The molecule has 20 heavy (non-hydrogen) atoms. The van der Waals surface area contributed by atoms with Crippen LogP contribution in [0.25, 0.3) is 0 Å². The van der Waals surface area contributed by atoms with Gasteiger partial charge in [0.1, 0.15) is 12.0 Å². The number of nitrogens with two attached hydrogens (primary N) is 1. The molecule has 0 spiro atoms. The van der Waals surface area contributed by atoms with E-state index in [1.807, 2.05) is 0 Å². The Morgan fingerprint density at radius 1 is 1.35 bits per heavy atom. The molecule has 0 heterocycles. The van der Waals surface area contributed by atoms with Gasteiger partial charge in [-0.25, -0.2) is 0 Å². The molecule has 1 aromatic rings. The zero-order valence-corrected chi connectivity index (χ0v) is 11.0. The van der Waals surface area contributed by atoms with Crippen molar-refractivity contribution >= 4 is 23.1 Å². The summed E-state index contributed by atoms with van der Waals surface area (Å²) in [5.74, 6) is -0.582. The topological polar surface area (TPSA) is 84.9 Å². The van der Waals surface area contributed by atoms with Gasteiger partial charge in [0.15, 0.2) is 5.88 Å². The molecule has 0 saturated heterocycles. The standard InChI is InChI=1S/C14H11ClN2O3/c15-11-8-12(17-20-7-3-6-13(16)18)9-4-1-2-5-10(9)14(11)19/h1-8,18H,16H2/b7-3+,13-6+,17-12+. The Labute approximate surface area is 120 Å². The molecule has 0 amide bonds. The third-order valence-electron chi connectivity index (χ3n) is 2.49. The molecule has 5 nitrogen and oxygen atoms in total. The Bertz CT molecular complexity index is 656. The molecule has 0 bridgehead atoms. The number of allylic oxidation sites excluding steroid dienone is 4. The normalized spacial score (nSPS) is 17.2. The van der Waals surface area contributed by atoms with Crippen molar-refractivity contribution in [2.75, 3.05) is 0 Å². The molecule has 6 heteroatoms. The summed E-state index contributed by atoms with van der Waals surface area (Å²) < 4.78 is 0. The molecule has 2 rings (SSSR count). The van der Waals surface area contributed by atoms with Crippen LogP contribution in [-0.4, -0.2) is 16.6 Å². The van der Waals surface area contributed by atoms with Gasteiger partial charge < -0.3 is 15.7 Å². The van der Waals surface area contributed by atoms with Gasteiger partial charge in [0.25, 0.3) is 0 Å². The van der Waals surface area contributed by atoms with E-state index < -0.39 is 0 Å². The van der Waals surface area contributed by atoms with Crippen LogP contribution in [0.15, 0.2) is 64.8 Å². The number of hydrogen-bond acceptors (Lipinski definition) is 5. The summed E-state index contributed by atoms with van der Waals surface area (Å²) in [5.41, 5.74) is 6.59. The highest BCUT2D eigenvalue weighted by Crippen LogP contribution is 2.23. The second-order valence-corrected chi connectivity index (χ2v) is 4.28. The quantitative estimate of drug-likeness (QED) is 0.509. The number of aliphatic hydroxyl groups excluding tert-OH is 1. The number of carbonyl (C=O) groups is 1. The molecule has 1 aromatic carbocycles. The van der Waals surface area contributed by atoms with Gasteiger partial charge in [0.05, 0.1) is 5.03 Å². The van der Waals surface area contributed by atoms with E-state index in [1.54, 1.807) is 24.3 Å². The van der Waals surface area contributed by atoms with Crippen LogP contribution in [0.3, 0.4) is 0 Å². The van der Waals surface area contributed by atoms with Crippen molar-refractivity contribution in [1.29, 1.82) is 0 Å². The van der Waals surface area contributed by atoms with Gasteiger partial charge in [0.2, 0.25) is 5.78 Å². The van der Waals surface area contributed by atoms with Gasteiger partial charge >= 0.3 is 0 Å². The lowest BCUT2D eigenvalue weighted by Gasteiger charge is -2.12. The molecule has 0 aliphatic heterocycles. The summed E-state index contributed by atoms with van der Waals surface area (Å²) in [6, 6.07) is 6.97. The molecule has 3 N–H and O–H groups in total. The van der Waals surface area contributed by atoms with E-state index in [1.165, 1.54) is 24.5 Å². The van der Waals surface area contributed by atoms with E-state index in [2.05, 4.69) is 5.16 Å².